The zero-order chi connectivity index (χ0) is 20.8. The highest BCUT2D eigenvalue weighted by Crippen LogP contribution is 2.30. The maximum absolute atomic E-state index is 12.5. The summed E-state index contributed by atoms with van der Waals surface area (Å²) in [5.41, 5.74) is 1.65. The van der Waals surface area contributed by atoms with Crippen LogP contribution in [0.2, 0.25) is 0 Å². The van der Waals surface area contributed by atoms with Crippen LogP contribution in [0.1, 0.15) is 32.6 Å². The summed E-state index contributed by atoms with van der Waals surface area (Å²) in [6, 6.07) is 7.65. The van der Waals surface area contributed by atoms with E-state index >= 15 is 0 Å². The number of ether oxygens (including phenoxy) is 1. The van der Waals surface area contributed by atoms with Gasteiger partial charge in [-0.3, -0.25) is 10.1 Å². The van der Waals surface area contributed by atoms with E-state index in [1.54, 1.807) is 6.20 Å². The third-order valence-corrected chi connectivity index (χ3v) is 5.97. The first-order chi connectivity index (χ1) is 14.6. The number of nitrogens with zero attached hydrogens (tertiary/aromatic N) is 3. The quantitative estimate of drug-likeness (QED) is 0.673. The minimum atomic E-state index is -0.0387. The van der Waals surface area contributed by atoms with E-state index in [1.165, 1.54) is 0 Å². The molecular weight excluding hydrogens is 380 g/mol. The average Bonchev–Trinajstić information content (AvgIpc) is 2.79. The van der Waals surface area contributed by atoms with Crippen LogP contribution in [0, 0.1) is 11.3 Å². The Morgan fingerprint density at radius 3 is 2.87 bits per heavy atom. The van der Waals surface area contributed by atoms with Crippen LogP contribution in [0.15, 0.2) is 30.5 Å². The van der Waals surface area contributed by atoms with Crippen molar-refractivity contribution in [3.05, 3.63) is 30.5 Å². The van der Waals surface area contributed by atoms with Crippen LogP contribution in [-0.4, -0.2) is 53.7 Å². The van der Waals surface area contributed by atoms with E-state index in [9.17, 15) is 4.79 Å². The number of nitrogens with one attached hydrogen (secondary N) is 3. The Kier molecular flexibility index (Phi) is 6.54. The second-order valence-electron chi connectivity index (χ2n) is 8.48. The third kappa shape index (κ3) is 5.31. The van der Waals surface area contributed by atoms with Gasteiger partial charge in [-0.25, -0.2) is 15.0 Å². The van der Waals surface area contributed by atoms with Crippen molar-refractivity contribution in [1.29, 1.82) is 0 Å². The van der Waals surface area contributed by atoms with E-state index in [0.717, 1.165) is 63.5 Å². The number of carbonyl (C=O) groups excluding carboxylic acids is 1. The Bertz CT molecular complexity index is 862. The fourth-order valence-corrected chi connectivity index (χ4v) is 3.87. The normalized spacial score (nSPS) is 21.0. The number of carbonyl (C=O) groups is 1. The van der Waals surface area contributed by atoms with Crippen LogP contribution in [-0.2, 0) is 9.53 Å². The summed E-state index contributed by atoms with van der Waals surface area (Å²) >= 11 is 0. The lowest BCUT2D eigenvalue weighted by atomic mass is 9.82. The van der Waals surface area contributed by atoms with Gasteiger partial charge in [0.25, 0.3) is 0 Å². The molecule has 8 nitrogen and oxygen atoms in total. The van der Waals surface area contributed by atoms with Crippen molar-refractivity contribution in [3.8, 4) is 11.4 Å². The summed E-state index contributed by atoms with van der Waals surface area (Å²) in [4.78, 5) is 25.9. The molecule has 2 aromatic heterocycles. The molecule has 2 fully saturated rings. The molecular formula is C22H30N6O2. The van der Waals surface area contributed by atoms with E-state index in [-0.39, 0.29) is 17.2 Å². The SMILES string of the molecule is CC1(CNc2cccc(-c3ccnc(NC(=O)C4CCCNC4)n3)n2)CCOCC1. The summed E-state index contributed by atoms with van der Waals surface area (Å²) in [5, 5.41) is 9.58. The molecule has 0 radical (unpaired) electrons. The molecule has 2 aliphatic rings. The van der Waals surface area contributed by atoms with Crippen LogP contribution >= 0.6 is 0 Å². The van der Waals surface area contributed by atoms with Crippen LogP contribution in [0.5, 0.6) is 0 Å². The monoisotopic (exact) mass is 410 g/mol. The van der Waals surface area contributed by atoms with Crippen LogP contribution in [0.4, 0.5) is 11.8 Å². The number of aromatic nitrogens is 3. The van der Waals surface area contributed by atoms with Gasteiger partial charge in [0.05, 0.1) is 17.3 Å². The van der Waals surface area contributed by atoms with E-state index in [0.29, 0.717) is 18.2 Å². The van der Waals surface area contributed by atoms with Crippen LogP contribution in [0.25, 0.3) is 11.4 Å². The first-order valence-electron chi connectivity index (χ1n) is 10.8. The molecule has 4 rings (SSSR count). The maximum Gasteiger partial charge on any atom is 0.231 e. The molecule has 4 heterocycles. The predicted molar refractivity (Wildman–Crippen MR) is 116 cm³/mol. The van der Waals surface area contributed by atoms with Gasteiger partial charge in [-0.15, -0.1) is 0 Å². The number of hydrogen-bond acceptors (Lipinski definition) is 7. The predicted octanol–water partition coefficient (Wildman–Crippen LogP) is 2.71. The second kappa shape index (κ2) is 9.49. The summed E-state index contributed by atoms with van der Waals surface area (Å²) in [7, 11) is 0. The summed E-state index contributed by atoms with van der Waals surface area (Å²) in [6.07, 6.45) is 5.64. The summed E-state index contributed by atoms with van der Waals surface area (Å²) in [6.45, 7) is 6.45. The van der Waals surface area contributed by atoms with Gasteiger partial charge >= 0.3 is 0 Å². The Morgan fingerprint density at radius 1 is 1.23 bits per heavy atom. The van der Waals surface area contributed by atoms with Crippen molar-refractivity contribution >= 4 is 17.7 Å². The van der Waals surface area contributed by atoms with Crippen molar-refractivity contribution in [1.82, 2.24) is 20.3 Å². The van der Waals surface area contributed by atoms with E-state index in [4.69, 9.17) is 9.72 Å². The summed E-state index contributed by atoms with van der Waals surface area (Å²) in [5.74, 6) is 1.06. The largest absolute Gasteiger partial charge is 0.381 e. The maximum atomic E-state index is 12.5. The molecule has 2 aromatic rings. The van der Waals surface area contributed by atoms with E-state index in [1.807, 2.05) is 24.3 Å². The minimum absolute atomic E-state index is 0.0348. The lowest BCUT2D eigenvalue weighted by Crippen LogP contribution is -2.37. The molecule has 0 spiro atoms. The molecule has 0 aliphatic carbocycles. The highest BCUT2D eigenvalue weighted by Gasteiger charge is 2.27. The number of pyridine rings is 1. The van der Waals surface area contributed by atoms with Gasteiger partial charge in [0.15, 0.2) is 0 Å². The van der Waals surface area contributed by atoms with Gasteiger partial charge < -0.3 is 15.4 Å². The molecule has 1 unspecified atom stereocenters. The second-order valence-corrected chi connectivity index (χ2v) is 8.48. The highest BCUT2D eigenvalue weighted by molar-refractivity contribution is 5.91. The number of piperidine rings is 1. The van der Waals surface area contributed by atoms with Crippen molar-refractivity contribution < 1.29 is 9.53 Å². The van der Waals surface area contributed by atoms with Crippen molar-refractivity contribution in [3.63, 3.8) is 0 Å². The fraction of sp³-hybridized carbons (Fsp3) is 0.545. The first-order valence-corrected chi connectivity index (χ1v) is 10.8. The third-order valence-electron chi connectivity index (χ3n) is 5.97. The Hall–Kier alpha value is -2.58. The average molecular weight is 411 g/mol. The standard InChI is InChI=1S/C22H30N6O2/c1-22(8-12-30-13-9-22)15-25-19-6-2-5-17(26-19)18-7-11-24-21(27-18)28-20(29)16-4-3-10-23-14-16/h2,5-7,11,16,23H,3-4,8-10,12-15H2,1H3,(H,25,26)(H,24,27,28,29). The number of hydrogen-bond donors (Lipinski definition) is 3. The molecule has 30 heavy (non-hydrogen) atoms. The van der Waals surface area contributed by atoms with Gasteiger partial charge in [-0.2, -0.15) is 0 Å². The van der Waals surface area contributed by atoms with Gasteiger partial charge in [0.1, 0.15) is 5.82 Å². The van der Waals surface area contributed by atoms with Crippen molar-refractivity contribution in [2.24, 2.45) is 11.3 Å². The minimum Gasteiger partial charge on any atom is -0.381 e. The van der Waals surface area contributed by atoms with Gasteiger partial charge in [0, 0.05) is 32.5 Å². The highest BCUT2D eigenvalue weighted by atomic mass is 16.5. The smallest absolute Gasteiger partial charge is 0.231 e. The molecule has 1 atom stereocenters. The Labute approximate surface area is 177 Å². The molecule has 1 amide bonds. The van der Waals surface area contributed by atoms with Crippen LogP contribution in [0.3, 0.4) is 0 Å². The topological polar surface area (TPSA) is 101 Å². The van der Waals surface area contributed by atoms with E-state index in [2.05, 4.69) is 32.8 Å². The van der Waals surface area contributed by atoms with Crippen molar-refractivity contribution in [2.45, 2.75) is 32.6 Å². The first kappa shape index (κ1) is 20.7. The number of rotatable bonds is 6. The number of amides is 1. The fourth-order valence-electron chi connectivity index (χ4n) is 3.87. The zero-order valence-electron chi connectivity index (χ0n) is 17.5. The van der Waals surface area contributed by atoms with E-state index < -0.39 is 0 Å². The van der Waals surface area contributed by atoms with Gasteiger partial charge in [0.2, 0.25) is 11.9 Å². The Balaban J connectivity index is 1.41. The zero-order valence-corrected chi connectivity index (χ0v) is 17.5. The van der Waals surface area contributed by atoms with Crippen molar-refractivity contribution in [2.75, 3.05) is 43.5 Å². The van der Waals surface area contributed by atoms with Gasteiger partial charge in [-0.05, 0) is 55.8 Å². The lowest BCUT2D eigenvalue weighted by Gasteiger charge is -2.33. The number of anilines is 2. The molecule has 3 N–H and O–H groups in total. The molecule has 160 valence electrons. The molecule has 2 saturated heterocycles. The van der Waals surface area contributed by atoms with Gasteiger partial charge in [-0.1, -0.05) is 13.0 Å². The lowest BCUT2D eigenvalue weighted by molar-refractivity contribution is -0.120. The summed E-state index contributed by atoms with van der Waals surface area (Å²) < 4.78 is 5.48. The Morgan fingerprint density at radius 2 is 2.07 bits per heavy atom. The van der Waals surface area contributed by atoms with Crippen LogP contribution < -0.4 is 16.0 Å². The molecule has 0 saturated carbocycles. The molecule has 8 heteroatoms. The molecule has 0 aromatic carbocycles. The molecule has 2 aliphatic heterocycles. The molecule has 0 bridgehead atoms.